The number of methoxy groups -OCH3 is 1. The Bertz CT molecular complexity index is 550. The number of rotatable bonds is 3. The average molecular weight is 246 g/mol. The van der Waals surface area contributed by atoms with Gasteiger partial charge in [-0.05, 0) is 30.3 Å². The minimum absolute atomic E-state index is 0.324. The highest BCUT2D eigenvalue weighted by Crippen LogP contribution is 2.13. The topological polar surface area (TPSA) is 54.7 Å². The zero-order valence-electron chi connectivity index (χ0n) is 9.67. The molecule has 0 unspecified atom stereocenters. The molecule has 0 atom stereocenters. The maximum Gasteiger partial charge on any atom is 0.212 e. The zero-order chi connectivity index (χ0) is 13.0. The molecule has 92 valence electrons. The zero-order valence-corrected chi connectivity index (χ0v) is 9.67. The summed E-state index contributed by atoms with van der Waals surface area (Å²) in [4.78, 5) is 4.02. The van der Waals surface area contributed by atoms with E-state index in [1.54, 1.807) is 12.1 Å². The number of hydrogen-bond acceptors (Lipinski definition) is 4. The van der Waals surface area contributed by atoms with Crippen LogP contribution in [0, 0.1) is 5.82 Å². The Balaban J connectivity index is 2.36. The quantitative estimate of drug-likeness (QED) is 0.514. The van der Waals surface area contributed by atoms with Crippen molar-refractivity contribution < 1.29 is 14.3 Å². The smallest absolute Gasteiger partial charge is 0.212 e. The highest BCUT2D eigenvalue weighted by Gasteiger charge is 2.08. The number of ether oxygens (including phenoxy) is 1. The second-order valence-corrected chi connectivity index (χ2v) is 3.54. The van der Waals surface area contributed by atoms with Gasteiger partial charge in [-0.3, -0.25) is 0 Å². The SMILES string of the molecule is COc1ccc(C(=NO)c2ccc(F)cc2)cn1. The fraction of sp³-hybridized carbons (Fsp3) is 0.0769. The van der Waals surface area contributed by atoms with Crippen LogP contribution in [0.15, 0.2) is 47.8 Å². The summed E-state index contributed by atoms with van der Waals surface area (Å²) >= 11 is 0. The fourth-order valence-electron chi connectivity index (χ4n) is 1.53. The second kappa shape index (κ2) is 5.27. The van der Waals surface area contributed by atoms with Crippen LogP contribution in [0.2, 0.25) is 0 Å². The first-order chi connectivity index (χ1) is 8.74. The van der Waals surface area contributed by atoms with Crippen molar-refractivity contribution in [2.24, 2.45) is 5.16 Å². The van der Waals surface area contributed by atoms with Crippen LogP contribution in [-0.4, -0.2) is 23.0 Å². The van der Waals surface area contributed by atoms with Crippen LogP contribution in [0.3, 0.4) is 0 Å². The van der Waals surface area contributed by atoms with Crippen molar-refractivity contribution in [3.05, 3.63) is 59.5 Å². The van der Waals surface area contributed by atoms with Gasteiger partial charge in [0.25, 0.3) is 0 Å². The number of benzene rings is 1. The average Bonchev–Trinajstić information content (AvgIpc) is 2.42. The van der Waals surface area contributed by atoms with Gasteiger partial charge in [0.1, 0.15) is 11.5 Å². The number of aromatic nitrogens is 1. The molecule has 0 saturated carbocycles. The summed E-state index contributed by atoms with van der Waals surface area (Å²) in [5, 5.41) is 12.3. The van der Waals surface area contributed by atoms with E-state index < -0.39 is 0 Å². The Labute approximate surface area is 103 Å². The first kappa shape index (κ1) is 12.0. The van der Waals surface area contributed by atoms with Crippen LogP contribution >= 0.6 is 0 Å². The van der Waals surface area contributed by atoms with Crippen molar-refractivity contribution in [2.75, 3.05) is 7.11 Å². The standard InChI is InChI=1S/C13H11FN2O2/c1-18-12-7-4-10(8-15-12)13(16-17)9-2-5-11(14)6-3-9/h2-8,17H,1H3. The molecule has 0 spiro atoms. The largest absolute Gasteiger partial charge is 0.481 e. The number of halogens is 1. The molecule has 5 heteroatoms. The number of pyridine rings is 1. The van der Waals surface area contributed by atoms with E-state index >= 15 is 0 Å². The van der Waals surface area contributed by atoms with Crippen LogP contribution < -0.4 is 4.74 Å². The number of oxime groups is 1. The number of nitrogens with zero attached hydrogens (tertiary/aromatic N) is 2. The molecular formula is C13H11FN2O2. The first-order valence-corrected chi connectivity index (χ1v) is 5.23. The van der Waals surface area contributed by atoms with Crippen molar-refractivity contribution in [3.8, 4) is 5.88 Å². The van der Waals surface area contributed by atoms with E-state index in [9.17, 15) is 4.39 Å². The van der Waals surface area contributed by atoms with Crippen LogP contribution in [-0.2, 0) is 0 Å². The van der Waals surface area contributed by atoms with E-state index in [2.05, 4.69) is 10.1 Å². The van der Waals surface area contributed by atoms with Crippen LogP contribution in [0.1, 0.15) is 11.1 Å². The van der Waals surface area contributed by atoms with Gasteiger partial charge in [0.15, 0.2) is 0 Å². The highest BCUT2D eigenvalue weighted by molar-refractivity contribution is 6.12. The summed E-state index contributed by atoms with van der Waals surface area (Å²) in [5.41, 5.74) is 1.54. The van der Waals surface area contributed by atoms with Gasteiger partial charge in [0.2, 0.25) is 5.88 Å². The third-order valence-corrected chi connectivity index (χ3v) is 2.44. The summed E-state index contributed by atoms with van der Waals surface area (Å²) in [5.74, 6) is 0.124. The molecule has 0 amide bonds. The molecule has 1 heterocycles. The van der Waals surface area contributed by atoms with Crippen molar-refractivity contribution in [3.63, 3.8) is 0 Å². The van der Waals surface area contributed by atoms with Gasteiger partial charge in [-0.2, -0.15) is 0 Å². The van der Waals surface area contributed by atoms with Gasteiger partial charge >= 0.3 is 0 Å². The van der Waals surface area contributed by atoms with Gasteiger partial charge in [0, 0.05) is 23.4 Å². The van der Waals surface area contributed by atoms with E-state index in [0.717, 1.165) is 0 Å². The van der Waals surface area contributed by atoms with Gasteiger partial charge in [0.05, 0.1) is 7.11 Å². The predicted octanol–water partition coefficient (Wildman–Crippen LogP) is 2.46. The summed E-state index contributed by atoms with van der Waals surface area (Å²) < 4.78 is 17.8. The van der Waals surface area contributed by atoms with E-state index in [-0.39, 0.29) is 5.82 Å². The van der Waals surface area contributed by atoms with Crippen molar-refractivity contribution in [1.29, 1.82) is 0 Å². The summed E-state index contributed by atoms with van der Waals surface area (Å²) in [7, 11) is 1.52. The molecule has 1 N–H and O–H groups in total. The first-order valence-electron chi connectivity index (χ1n) is 5.23. The fourth-order valence-corrected chi connectivity index (χ4v) is 1.53. The lowest BCUT2D eigenvalue weighted by atomic mass is 10.0. The minimum atomic E-state index is -0.344. The minimum Gasteiger partial charge on any atom is -0.481 e. The Morgan fingerprint density at radius 2 is 1.83 bits per heavy atom. The van der Waals surface area contributed by atoms with Crippen LogP contribution in [0.4, 0.5) is 4.39 Å². The van der Waals surface area contributed by atoms with Gasteiger partial charge < -0.3 is 9.94 Å². The van der Waals surface area contributed by atoms with E-state index in [0.29, 0.717) is 22.7 Å². The molecule has 0 aliphatic heterocycles. The van der Waals surface area contributed by atoms with E-state index in [1.165, 1.54) is 37.6 Å². The lowest BCUT2D eigenvalue weighted by Crippen LogP contribution is -2.04. The van der Waals surface area contributed by atoms with Crippen molar-refractivity contribution >= 4 is 5.71 Å². The molecule has 0 saturated heterocycles. The molecule has 2 aromatic rings. The van der Waals surface area contributed by atoms with E-state index in [4.69, 9.17) is 9.94 Å². The Morgan fingerprint density at radius 1 is 1.17 bits per heavy atom. The third kappa shape index (κ3) is 2.45. The molecule has 1 aromatic heterocycles. The highest BCUT2D eigenvalue weighted by atomic mass is 19.1. The predicted molar refractivity (Wildman–Crippen MR) is 64.6 cm³/mol. The molecule has 0 radical (unpaired) electrons. The Kier molecular flexibility index (Phi) is 3.52. The van der Waals surface area contributed by atoms with Crippen molar-refractivity contribution in [2.45, 2.75) is 0 Å². The van der Waals surface area contributed by atoms with Crippen molar-refractivity contribution in [1.82, 2.24) is 4.98 Å². The molecule has 0 aliphatic carbocycles. The van der Waals surface area contributed by atoms with Gasteiger partial charge in [-0.1, -0.05) is 5.16 Å². The third-order valence-electron chi connectivity index (χ3n) is 2.44. The molecule has 0 bridgehead atoms. The lowest BCUT2D eigenvalue weighted by molar-refractivity contribution is 0.319. The Morgan fingerprint density at radius 3 is 2.33 bits per heavy atom. The normalized spacial score (nSPS) is 11.3. The van der Waals surface area contributed by atoms with Gasteiger partial charge in [-0.15, -0.1) is 0 Å². The van der Waals surface area contributed by atoms with Gasteiger partial charge in [-0.25, -0.2) is 9.37 Å². The van der Waals surface area contributed by atoms with E-state index in [1.807, 2.05) is 0 Å². The maximum absolute atomic E-state index is 12.8. The van der Waals surface area contributed by atoms with Crippen LogP contribution in [0.5, 0.6) is 5.88 Å². The second-order valence-electron chi connectivity index (χ2n) is 3.54. The number of hydrogen-bond donors (Lipinski definition) is 1. The summed E-state index contributed by atoms with van der Waals surface area (Å²) in [6.07, 6.45) is 1.53. The molecule has 2 rings (SSSR count). The molecule has 4 nitrogen and oxygen atoms in total. The molecule has 1 aromatic carbocycles. The summed E-state index contributed by atoms with van der Waals surface area (Å²) in [6.45, 7) is 0. The molecule has 18 heavy (non-hydrogen) atoms. The molecule has 0 aliphatic rings. The molecule has 0 fully saturated rings. The molecular weight excluding hydrogens is 235 g/mol. The maximum atomic E-state index is 12.8. The lowest BCUT2D eigenvalue weighted by Gasteiger charge is -2.05. The monoisotopic (exact) mass is 246 g/mol. The summed E-state index contributed by atoms with van der Waals surface area (Å²) in [6, 6.07) is 9.05. The van der Waals surface area contributed by atoms with Crippen LogP contribution in [0.25, 0.3) is 0 Å². The Hall–Kier alpha value is -2.43.